The first-order chi connectivity index (χ1) is 12.6. The van der Waals surface area contributed by atoms with Crippen LogP contribution in [-0.2, 0) is 6.54 Å². The summed E-state index contributed by atoms with van der Waals surface area (Å²) in [4.78, 5) is 15.2. The summed E-state index contributed by atoms with van der Waals surface area (Å²) in [5.74, 6) is 1.66. The smallest absolute Gasteiger partial charge is 0.315 e. The number of nitrogens with zero attached hydrogens (tertiary/aromatic N) is 1. The second-order valence-electron chi connectivity index (χ2n) is 6.07. The molecule has 2 N–H and O–H groups in total. The maximum atomic E-state index is 11.9. The lowest BCUT2D eigenvalue weighted by Gasteiger charge is -2.12. The molecular formula is C20H27N3O2S. The molecule has 140 valence electrons. The SMILES string of the molecule is CN(C)CCOc1cccc(CNC(=O)NCCSc2ccccc2)c1. The van der Waals surface area contributed by atoms with Gasteiger partial charge in [-0.15, -0.1) is 11.8 Å². The third-order valence-corrected chi connectivity index (χ3v) is 4.57. The lowest BCUT2D eigenvalue weighted by Crippen LogP contribution is -2.36. The molecule has 0 aliphatic heterocycles. The van der Waals surface area contributed by atoms with E-state index in [-0.39, 0.29) is 6.03 Å². The molecule has 0 aliphatic carbocycles. The van der Waals surface area contributed by atoms with Crippen molar-refractivity contribution in [3.8, 4) is 5.75 Å². The van der Waals surface area contributed by atoms with E-state index in [2.05, 4.69) is 27.7 Å². The normalized spacial score (nSPS) is 10.6. The number of hydrogen-bond acceptors (Lipinski definition) is 4. The molecular weight excluding hydrogens is 346 g/mol. The Hall–Kier alpha value is -2.18. The maximum absolute atomic E-state index is 11.9. The summed E-state index contributed by atoms with van der Waals surface area (Å²) in [5.41, 5.74) is 1.01. The first kappa shape index (κ1) is 20.1. The molecule has 0 atom stereocenters. The Balaban J connectivity index is 1.63. The number of carbonyl (C=O) groups is 1. The minimum atomic E-state index is -0.155. The number of carbonyl (C=O) groups excluding carboxylic acids is 1. The van der Waals surface area contributed by atoms with Crippen LogP contribution in [0.1, 0.15) is 5.56 Å². The van der Waals surface area contributed by atoms with E-state index in [0.717, 1.165) is 23.6 Å². The summed E-state index contributed by atoms with van der Waals surface area (Å²) in [7, 11) is 4.03. The van der Waals surface area contributed by atoms with Gasteiger partial charge in [-0.25, -0.2) is 4.79 Å². The molecule has 0 radical (unpaired) electrons. The molecule has 0 heterocycles. The zero-order chi connectivity index (χ0) is 18.6. The molecule has 5 nitrogen and oxygen atoms in total. The fourth-order valence-electron chi connectivity index (χ4n) is 2.19. The van der Waals surface area contributed by atoms with Crippen molar-refractivity contribution in [3.63, 3.8) is 0 Å². The number of urea groups is 1. The molecule has 0 unspecified atom stereocenters. The average Bonchev–Trinajstić information content (AvgIpc) is 2.64. The van der Waals surface area contributed by atoms with Crippen molar-refractivity contribution in [1.29, 1.82) is 0 Å². The summed E-state index contributed by atoms with van der Waals surface area (Å²) in [5, 5.41) is 5.75. The molecule has 0 saturated heterocycles. The number of benzene rings is 2. The van der Waals surface area contributed by atoms with E-state index >= 15 is 0 Å². The molecule has 2 aromatic rings. The number of ether oxygens (including phenoxy) is 1. The third-order valence-electron chi connectivity index (χ3n) is 3.56. The van der Waals surface area contributed by atoms with Crippen LogP contribution >= 0.6 is 11.8 Å². The first-order valence-corrected chi connectivity index (χ1v) is 9.68. The highest BCUT2D eigenvalue weighted by molar-refractivity contribution is 7.99. The number of hydrogen-bond donors (Lipinski definition) is 2. The summed E-state index contributed by atoms with van der Waals surface area (Å²) in [6.07, 6.45) is 0. The number of thioether (sulfide) groups is 1. The molecule has 0 aromatic heterocycles. The number of likely N-dealkylation sites (N-methyl/N-ethyl adjacent to an activating group) is 1. The largest absolute Gasteiger partial charge is 0.492 e. The number of amides is 2. The predicted molar refractivity (Wildman–Crippen MR) is 108 cm³/mol. The van der Waals surface area contributed by atoms with Crippen LogP contribution in [0.2, 0.25) is 0 Å². The van der Waals surface area contributed by atoms with Crippen LogP contribution in [0.3, 0.4) is 0 Å². The molecule has 0 spiro atoms. The van der Waals surface area contributed by atoms with Crippen LogP contribution in [0.25, 0.3) is 0 Å². The van der Waals surface area contributed by atoms with Gasteiger partial charge in [-0.05, 0) is 43.9 Å². The first-order valence-electron chi connectivity index (χ1n) is 8.69. The summed E-state index contributed by atoms with van der Waals surface area (Å²) in [6, 6.07) is 17.8. The molecule has 2 aromatic carbocycles. The predicted octanol–water partition coefficient (Wildman–Crippen LogP) is 3.22. The highest BCUT2D eigenvalue weighted by Crippen LogP contribution is 2.15. The van der Waals surface area contributed by atoms with Gasteiger partial charge in [0.25, 0.3) is 0 Å². The Morgan fingerprint density at radius 1 is 1.08 bits per heavy atom. The van der Waals surface area contributed by atoms with E-state index in [0.29, 0.717) is 19.7 Å². The van der Waals surface area contributed by atoms with Gasteiger partial charge < -0.3 is 20.3 Å². The zero-order valence-corrected chi connectivity index (χ0v) is 16.2. The van der Waals surface area contributed by atoms with E-state index in [1.54, 1.807) is 11.8 Å². The number of rotatable bonds is 10. The van der Waals surface area contributed by atoms with Crippen LogP contribution in [-0.4, -0.2) is 50.5 Å². The highest BCUT2D eigenvalue weighted by Gasteiger charge is 2.02. The fourth-order valence-corrected chi connectivity index (χ4v) is 2.98. The van der Waals surface area contributed by atoms with Gasteiger partial charge in [-0.3, -0.25) is 0 Å². The van der Waals surface area contributed by atoms with Crippen LogP contribution in [0.5, 0.6) is 5.75 Å². The van der Waals surface area contributed by atoms with Crippen molar-refractivity contribution >= 4 is 17.8 Å². The zero-order valence-electron chi connectivity index (χ0n) is 15.4. The quantitative estimate of drug-likeness (QED) is 0.496. The monoisotopic (exact) mass is 373 g/mol. The molecule has 0 bridgehead atoms. The highest BCUT2D eigenvalue weighted by atomic mass is 32.2. The Bertz CT molecular complexity index is 665. The minimum Gasteiger partial charge on any atom is -0.492 e. The van der Waals surface area contributed by atoms with E-state index in [4.69, 9.17) is 4.74 Å². The molecule has 2 rings (SSSR count). The van der Waals surface area contributed by atoms with Gasteiger partial charge >= 0.3 is 6.03 Å². The molecule has 26 heavy (non-hydrogen) atoms. The van der Waals surface area contributed by atoms with Gasteiger partial charge in [-0.2, -0.15) is 0 Å². The van der Waals surface area contributed by atoms with E-state index in [9.17, 15) is 4.79 Å². The van der Waals surface area contributed by atoms with Crippen molar-refractivity contribution in [2.75, 3.05) is 39.5 Å². The molecule has 6 heteroatoms. The van der Waals surface area contributed by atoms with Crippen molar-refractivity contribution in [2.24, 2.45) is 0 Å². The minimum absolute atomic E-state index is 0.155. The number of nitrogens with one attached hydrogen (secondary N) is 2. The Morgan fingerprint density at radius 2 is 1.88 bits per heavy atom. The third kappa shape index (κ3) is 8.27. The summed E-state index contributed by atoms with van der Waals surface area (Å²) in [6.45, 7) is 2.61. The summed E-state index contributed by atoms with van der Waals surface area (Å²) >= 11 is 1.73. The average molecular weight is 374 g/mol. The van der Waals surface area contributed by atoms with Gasteiger partial charge in [-0.1, -0.05) is 30.3 Å². The fraction of sp³-hybridized carbons (Fsp3) is 0.350. The van der Waals surface area contributed by atoms with Crippen LogP contribution in [0, 0.1) is 0 Å². The summed E-state index contributed by atoms with van der Waals surface area (Å²) < 4.78 is 5.71. The van der Waals surface area contributed by atoms with Gasteiger partial charge in [0.05, 0.1) is 0 Å². The lowest BCUT2D eigenvalue weighted by atomic mass is 10.2. The maximum Gasteiger partial charge on any atom is 0.315 e. The lowest BCUT2D eigenvalue weighted by molar-refractivity contribution is 0.241. The van der Waals surface area contributed by atoms with E-state index in [1.165, 1.54) is 4.90 Å². The molecule has 0 aliphatic rings. The molecule has 2 amide bonds. The van der Waals surface area contributed by atoms with Crippen molar-refractivity contribution in [3.05, 3.63) is 60.2 Å². The van der Waals surface area contributed by atoms with Gasteiger partial charge in [0.15, 0.2) is 0 Å². The van der Waals surface area contributed by atoms with Crippen LogP contribution in [0.15, 0.2) is 59.5 Å². The van der Waals surface area contributed by atoms with Crippen molar-refractivity contribution in [1.82, 2.24) is 15.5 Å². The van der Waals surface area contributed by atoms with E-state index in [1.807, 2.05) is 56.6 Å². The van der Waals surface area contributed by atoms with Crippen LogP contribution < -0.4 is 15.4 Å². The van der Waals surface area contributed by atoms with Gasteiger partial charge in [0.2, 0.25) is 0 Å². The Morgan fingerprint density at radius 3 is 2.65 bits per heavy atom. The standard InChI is InChI=1S/C20H27N3O2S/c1-23(2)12-13-25-18-8-6-7-17(15-18)16-22-20(24)21-11-14-26-19-9-4-3-5-10-19/h3-10,15H,11-14,16H2,1-2H3,(H2,21,22,24). The second kappa shape index (κ2) is 11.4. The van der Waals surface area contributed by atoms with Gasteiger partial charge in [0, 0.05) is 30.3 Å². The van der Waals surface area contributed by atoms with Crippen molar-refractivity contribution < 1.29 is 9.53 Å². The van der Waals surface area contributed by atoms with Crippen LogP contribution in [0.4, 0.5) is 4.79 Å². The Labute approximate surface area is 160 Å². The molecule has 0 saturated carbocycles. The Kier molecular flexibility index (Phi) is 8.86. The van der Waals surface area contributed by atoms with Crippen molar-refractivity contribution in [2.45, 2.75) is 11.4 Å². The van der Waals surface area contributed by atoms with E-state index < -0.39 is 0 Å². The topological polar surface area (TPSA) is 53.6 Å². The second-order valence-corrected chi connectivity index (χ2v) is 7.24. The molecule has 0 fully saturated rings. The van der Waals surface area contributed by atoms with Gasteiger partial charge in [0.1, 0.15) is 12.4 Å².